The van der Waals surface area contributed by atoms with Crippen LogP contribution in [0.5, 0.6) is 5.75 Å². The Balaban J connectivity index is 1.58. The van der Waals surface area contributed by atoms with Crippen molar-refractivity contribution in [1.29, 1.82) is 0 Å². The maximum Gasteiger partial charge on any atom is 0.318 e. The van der Waals surface area contributed by atoms with Crippen molar-refractivity contribution in [1.82, 2.24) is 10.2 Å². The number of ether oxygens (including phenoxy) is 1. The minimum absolute atomic E-state index is 0.126. The van der Waals surface area contributed by atoms with Gasteiger partial charge < -0.3 is 19.9 Å². The van der Waals surface area contributed by atoms with Crippen molar-refractivity contribution in [3.63, 3.8) is 0 Å². The molecule has 1 atom stereocenters. The van der Waals surface area contributed by atoms with Crippen LogP contribution in [0.4, 0.5) is 14.9 Å². The van der Waals surface area contributed by atoms with E-state index in [1.165, 1.54) is 24.1 Å². The molecule has 1 aliphatic rings. The molecular formula is C20H22FN3O3. The molecule has 142 valence electrons. The van der Waals surface area contributed by atoms with Crippen LogP contribution in [0, 0.1) is 5.82 Å². The highest BCUT2D eigenvalue weighted by Crippen LogP contribution is 2.21. The number of amides is 3. The SMILES string of the molecule is COc1ccc(CN(C)C(=O)NC2CCN(c3ccccc3)C2=O)cc1F. The highest BCUT2D eigenvalue weighted by molar-refractivity contribution is 6.01. The maximum atomic E-state index is 13.8. The number of benzene rings is 2. The van der Waals surface area contributed by atoms with Gasteiger partial charge in [0.05, 0.1) is 7.11 Å². The number of halogens is 1. The van der Waals surface area contributed by atoms with Gasteiger partial charge in [-0.05, 0) is 36.2 Å². The third-order valence-electron chi connectivity index (χ3n) is 4.55. The van der Waals surface area contributed by atoms with Crippen LogP contribution >= 0.6 is 0 Å². The van der Waals surface area contributed by atoms with Gasteiger partial charge in [-0.15, -0.1) is 0 Å². The normalized spacial score (nSPS) is 16.3. The smallest absolute Gasteiger partial charge is 0.318 e. The standard InChI is InChI=1S/C20H22FN3O3/c1-23(13-14-8-9-18(27-2)16(21)12-14)20(26)22-17-10-11-24(19(17)25)15-6-4-3-5-7-15/h3-9,12,17H,10-11,13H2,1-2H3,(H,22,26). The lowest BCUT2D eigenvalue weighted by Gasteiger charge is -2.21. The zero-order chi connectivity index (χ0) is 19.4. The summed E-state index contributed by atoms with van der Waals surface area (Å²) >= 11 is 0. The lowest BCUT2D eigenvalue weighted by atomic mass is 10.2. The molecule has 3 amide bonds. The second-order valence-corrected chi connectivity index (χ2v) is 6.44. The van der Waals surface area contributed by atoms with Gasteiger partial charge in [0.15, 0.2) is 11.6 Å². The van der Waals surface area contributed by atoms with Gasteiger partial charge in [0.25, 0.3) is 0 Å². The first kappa shape index (κ1) is 18.7. The molecule has 2 aromatic carbocycles. The predicted octanol–water partition coefficient (Wildman–Crippen LogP) is 2.78. The highest BCUT2D eigenvalue weighted by Gasteiger charge is 2.34. The van der Waals surface area contributed by atoms with Crippen molar-refractivity contribution in [2.45, 2.75) is 19.0 Å². The topological polar surface area (TPSA) is 61.9 Å². The van der Waals surface area contributed by atoms with Crippen LogP contribution in [0.25, 0.3) is 0 Å². The van der Waals surface area contributed by atoms with E-state index in [0.717, 1.165) is 5.69 Å². The average Bonchev–Trinajstić information content (AvgIpc) is 3.03. The summed E-state index contributed by atoms with van der Waals surface area (Å²) in [6.45, 7) is 0.775. The molecule has 0 aromatic heterocycles. The minimum Gasteiger partial charge on any atom is -0.494 e. The lowest BCUT2D eigenvalue weighted by Crippen LogP contribution is -2.46. The van der Waals surface area contributed by atoms with Gasteiger partial charge in [0, 0.05) is 25.8 Å². The van der Waals surface area contributed by atoms with E-state index < -0.39 is 11.9 Å². The van der Waals surface area contributed by atoms with E-state index in [1.807, 2.05) is 30.3 Å². The number of methoxy groups -OCH3 is 1. The quantitative estimate of drug-likeness (QED) is 0.879. The Morgan fingerprint density at radius 3 is 2.70 bits per heavy atom. The van der Waals surface area contributed by atoms with E-state index in [-0.39, 0.29) is 24.2 Å². The number of hydrogen-bond donors (Lipinski definition) is 1. The summed E-state index contributed by atoms with van der Waals surface area (Å²) in [4.78, 5) is 28.1. The number of nitrogens with one attached hydrogen (secondary N) is 1. The fourth-order valence-electron chi connectivity index (χ4n) is 3.09. The number of carbonyl (C=O) groups excluding carboxylic acids is 2. The largest absolute Gasteiger partial charge is 0.494 e. The molecule has 1 fully saturated rings. The van der Waals surface area contributed by atoms with Crippen molar-refractivity contribution in [2.24, 2.45) is 0 Å². The molecule has 1 heterocycles. The molecule has 1 aliphatic heterocycles. The average molecular weight is 371 g/mol. The highest BCUT2D eigenvalue weighted by atomic mass is 19.1. The molecule has 0 radical (unpaired) electrons. The fourth-order valence-corrected chi connectivity index (χ4v) is 3.09. The molecule has 1 saturated heterocycles. The summed E-state index contributed by atoms with van der Waals surface area (Å²) in [7, 11) is 3.00. The first-order chi connectivity index (χ1) is 13.0. The molecule has 3 rings (SSSR count). The molecule has 0 saturated carbocycles. The van der Waals surface area contributed by atoms with Gasteiger partial charge in [-0.3, -0.25) is 4.79 Å². The minimum atomic E-state index is -0.562. The van der Waals surface area contributed by atoms with Gasteiger partial charge in [-0.25, -0.2) is 9.18 Å². The predicted molar refractivity (Wildman–Crippen MR) is 100 cm³/mol. The van der Waals surface area contributed by atoms with Gasteiger partial charge in [-0.2, -0.15) is 0 Å². The number of rotatable bonds is 5. The van der Waals surface area contributed by atoms with Crippen LogP contribution < -0.4 is 15.0 Å². The first-order valence-electron chi connectivity index (χ1n) is 8.70. The Morgan fingerprint density at radius 1 is 1.30 bits per heavy atom. The molecule has 7 heteroatoms. The van der Waals surface area contributed by atoms with Crippen molar-refractivity contribution < 1.29 is 18.7 Å². The lowest BCUT2D eigenvalue weighted by molar-refractivity contribution is -0.118. The van der Waals surface area contributed by atoms with Crippen LogP contribution in [0.1, 0.15) is 12.0 Å². The molecular weight excluding hydrogens is 349 g/mol. The van der Waals surface area contributed by atoms with Gasteiger partial charge in [0.2, 0.25) is 5.91 Å². The van der Waals surface area contributed by atoms with E-state index in [9.17, 15) is 14.0 Å². The van der Waals surface area contributed by atoms with Crippen molar-refractivity contribution in [3.8, 4) is 5.75 Å². The third kappa shape index (κ3) is 4.19. The van der Waals surface area contributed by atoms with Gasteiger partial charge in [0.1, 0.15) is 6.04 Å². The van der Waals surface area contributed by atoms with Gasteiger partial charge >= 0.3 is 6.03 Å². The number of carbonyl (C=O) groups is 2. The van der Waals surface area contributed by atoms with E-state index in [0.29, 0.717) is 18.5 Å². The summed E-state index contributed by atoms with van der Waals surface area (Å²) in [6.07, 6.45) is 0.546. The zero-order valence-electron chi connectivity index (χ0n) is 15.3. The van der Waals surface area contributed by atoms with E-state index in [1.54, 1.807) is 18.0 Å². The molecule has 0 bridgehead atoms. The summed E-state index contributed by atoms with van der Waals surface area (Å²) in [5.41, 5.74) is 1.45. The Bertz CT molecular complexity index is 828. The second kappa shape index (κ2) is 8.07. The van der Waals surface area contributed by atoms with E-state index in [4.69, 9.17) is 4.74 Å². The number of nitrogens with zero attached hydrogens (tertiary/aromatic N) is 2. The maximum absolute atomic E-state index is 13.8. The molecule has 0 spiro atoms. The Labute approximate surface area is 157 Å². The zero-order valence-corrected chi connectivity index (χ0v) is 15.3. The molecule has 1 N–H and O–H groups in total. The van der Waals surface area contributed by atoms with Crippen LogP contribution in [-0.2, 0) is 11.3 Å². The van der Waals surface area contributed by atoms with Gasteiger partial charge in [-0.1, -0.05) is 24.3 Å². The van der Waals surface area contributed by atoms with Crippen molar-refractivity contribution in [3.05, 3.63) is 59.9 Å². The Hall–Kier alpha value is -3.09. The summed E-state index contributed by atoms with van der Waals surface area (Å²) in [5.74, 6) is -0.449. The third-order valence-corrected chi connectivity index (χ3v) is 4.55. The van der Waals surface area contributed by atoms with Crippen molar-refractivity contribution in [2.75, 3.05) is 25.6 Å². The summed E-state index contributed by atoms with van der Waals surface area (Å²) in [6, 6.07) is 13.0. The number of para-hydroxylation sites is 1. The van der Waals surface area contributed by atoms with Crippen LogP contribution in [-0.4, -0.2) is 43.6 Å². The fraction of sp³-hybridized carbons (Fsp3) is 0.300. The molecule has 6 nitrogen and oxygen atoms in total. The molecule has 0 aliphatic carbocycles. The molecule has 1 unspecified atom stereocenters. The van der Waals surface area contributed by atoms with Crippen LogP contribution in [0.2, 0.25) is 0 Å². The van der Waals surface area contributed by atoms with E-state index in [2.05, 4.69) is 5.32 Å². The molecule has 2 aromatic rings. The molecule has 27 heavy (non-hydrogen) atoms. The van der Waals surface area contributed by atoms with Crippen LogP contribution in [0.3, 0.4) is 0 Å². The monoisotopic (exact) mass is 371 g/mol. The van der Waals surface area contributed by atoms with Crippen LogP contribution in [0.15, 0.2) is 48.5 Å². The number of urea groups is 1. The Kier molecular flexibility index (Phi) is 5.59. The Morgan fingerprint density at radius 2 is 2.04 bits per heavy atom. The number of anilines is 1. The summed E-state index contributed by atoms with van der Waals surface area (Å²) in [5, 5.41) is 2.76. The second-order valence-electron chi connectivity index (χ2n) is 6.44. The number of hydrogen-bond acceptors (Lipinski definition) is 3. The summed E-state index contributed by atoms with van der Waals surface area (Å²) < 4.78 is 18.7. The first-order valence-corrected chi connectivity index (χ1v) is 8.70. The van der Waals surface area contributed by atoms with E-state index >= 15 is 0 Å². The van der Waals surface area contributed by atoms with Crippen molar-refractivity contribution >= 4 is 17.6 Å².